The highest BCUT2D eigenvalue weighted by molar-refractivity contribution is 9.10. The van der Waals surface area contributed by atoms with Gasteiger partial charge in [-0.15, -0.1) is 0 Å². The molecule has 0 aliphatic heterocycles. The molecule has 122 valence electrons. The van der Waals surface area contributed by atoms with Crippen LogP contribution in [0, 0.1) is 6.92 Å². The zero-order valence-electron chi connectivity index (χ0n) is 13.2. The number of anilines is 2. The van der Waals surface area contributed by atoms with Gasteiger partial charge in [-0.05, 0) is 49.2 Å². The molecular formula is C17H20BrN3O2. The number of hydrogen-bond donors (Lipinski definition) is 2. The molecule has 0 unspecified atom stereocenters. The van der Waals surface area contributed by atoms with Crippen molar-refractivity contribution in [1.82, 2.24) is 10.3 Å². The molecule has 2 N–H and O–H groups in total. The van der Waals surface area contributed by atoms with Crippen molar-refractivity contribution in [1.29, 1.82) is 0 Å². The molecule has 0 aliphatic rings. The molecule has 23 heavy (non-hydrogen) atoms. The first-order chi connectivity index (χ1) is 11.1. The van der Waals surface area contributed by atoms with Crippen LogP contribution < -0.4 is 10.6 Å². The molecule has 0 fully saturated rings. The number of rotatable bonds is 7. The number of pyridine rings is 1. The van der Waals surface area contributed by atoms with Crippen molar-refractivity contribution < 1.29 is 9.53 Å². The van der Waals surface area contributed by atoms with Gasteiger partial charge in [0.25, 0.3) is 5.91 Å². The Morgan fingerprint density at radius 3 is 2.87 bits per heavy atom. The van der Waals surface area contributed by atoms with Crippen molar-refractivity contribution in [2.24, 2.45) is 0 Å². The molecule has 0 saturated carbocycles. The molecule has 1 heterocycles. The molecule has 6 heteroatoms. The second-order valence-corrected chi connectivity index (χ2v) is 6.03. The van der Waals surface area contributed by atoms with Crippen molar-refractivity contribution in [3.05, 3.63) is 52.1 Å². The second kappa shape index (κ2) is 8.64. The number of aryl methyl sites for hydroxylation is 1. The molecular weight excluding hydrogens is 358 g/mol. The molecule has 2 rings (SSSR count). The van der Waals surface area contributed by atoms with Crippen molar-refractivity contribution in [3.63, 3.8) is 0 Å². The molecule has 0 radical (unpaired) electrons. The fourth-order valence-electron chi connectivity index (χ4n) is 2.07. The van der Waals surface area contributed by atoms with Gasteiger partial charge in [0.15, 0.2) is 0 Å². The average Bonchev–Trinajstić information content (AvgIpc) is 2.54. The number of nitrogens with one attached hydrogen (secondary N) is 2. The topological polar surface area (TPSA) is 63.2 Å². The summed E-state index contributed by atoms with van der Waals surface area (Å²) in [4.78, 5) is 16.4. The van der Waals surface area contributed by atoms with E-state index in [9.17, 15) is 4.79 Å². The molecule has 0 atom stereocenters. The summed E-state index contributed by atoms with van der Waals surface area (Å²) >= 11 is 3.44. The van der Waals surface area contributed by atoms with Gasteiger partial charge >= 0.3 is 0 Å². The molecule has 0 spiro atoms. The van der Waals surface area contributed by atoms with Crippen LogP contribution in [0.1, 0.15) is 22.3 Å². The van der Waals surface area contributed by atoms with Gasteiger partial charge in [0.1, 0.15) is 5.82 Å². The average molecular weight is 378 g/mol. The van der Waals surface area contributed by atoms with Gasteiger partial charge in [-0.2, -0.15) is 0 Å². The quantitative estimate of drug-likeness (QED) is 0.722. The third-order valence-corrected chi connectivity index (χ3v) is 3.78. The van der Waals surface area contributed by atoms with Crippen molar-refractivity contribution in [2.45, 2.75) is 13.3 Å². The number of methoxy groups -OCH3 is 1. The number of hydrogen-bond acceptors (Lipinski definition) is 4. The number of carbonyl (C=O) groups excluding carboxylic acids is 1. The van der Waals surface area contributed by atoms with Gasteiger partial charge < -0.3 is 15.4 Å². The number of aromatic nitrogens is 1. The fourth-order valence-corrected chi connectivity index (χ4v) is 2.54. The minimum Gasteiger partial charge on any atom is -0.385 e. The summed E-state index contributed by atoms with van der Waals surface area (Å²) in [5.74, 6) is 0.527. The highest BCUT2D eigenvalue weighted by Gasteiger charge is 2.07. The van der Waals surface area contributed by atoms with Crippen LogP contribution in [0.3, 0.4) is 0 Å². The number of benzene rings is 1. The lowest BCUT2D eigenvalue weighted by Gasteiger charge is -2.10. The number of carbonyl (C=O) groups is 1. The highest BCUT2D eigenvalue weighted by atomic mass is 79.9. The lowest BCUT2D eigenvalue weighted by molar-refractivity contribution is 0.0948. The van der Waals surface area contributed by atoms with E-state index < -0.39 is 0 Å². The Balaban J connectivity index is 2.03. The van der Waals surface area contributed by atoms with E-state index in [4.69, 9.17) is 4.74 Å². The fraction of sp³-hybridized carbons (Fsp3) is 0.294. The van der Waals surface area contributed by atoms with Crippen LogP contribution in [0.15, 0.2) is 41.0 Å². The van der Waals surface area contributed by atoms with E-state index in [0.717, 1.165) is 22.1 Å². The molecule has 1 aromatic carbocycles. The first kappa shape index (κ1) is 17.4. The van der Waals surface area contributed by atoms with Crippen LogP contribution in [0.4, 0.5) is 11.5 Å². The highest BCUT2D eigenvalue weighted by Crippen LogP contribution is 2.23. The van der Waals surface area contributed by atoms with Gasteiger partial charge in [-0.25, -0.2) is 4.98 Å². The Hall–Kier alpha value is -1.92. The zero-order valence-corrected chi connectivity index (χ0v) is 14.8. The Bertz CT molecular complexity index is 677. The lowest BCUT2D eigenvalue weighted by Crippen LogP contribution is -2.25. The summed E-state index contributed by atoms with van der Waals surface area (Å²) in [5.41, 5.74) is 2.63. The SMILES string of the molecule is COCCCNC(=O)c1ccnc(Nc2ccc(Br)cc2C)c1. The number of halogens is 1. The van der Waals surface area contributed by atoms with Crippen molar-refractivity contribution >= 4 is 33.3 Å². The molecule has 1 amide bonds. The van der Waals surface area contributed by atoms with Crippen LogP contribution in [-0.2, 0) is 4.74 Å². The maximum atomic E-state index is 12.1. The summed E-state index contributed by atoms with van der Waals surface area (Å²) in [6.07, 6.45) is 2.41. The maximum absolute atomic E-state index is 12.1. The molecule has 0 bridgehead atoms. The smallest absolute Gasteiger partial charge is 0.251 e. The first-order valence-electron chi connectivity index (χ1n) is 7.36. The number of ether oxygens (including phenoxy) is 1. The van der Waals surface area contributed by atoms with E-state index in [1.54, 1.807) is 25.4 Å². The maximum Gasteiger partial charge on any atom is 0.251 e. The summed E-state index contributed by atoms with van der Waals surface area (Å²) in [5, 5.41) is 6.10. The summed E-state index contributed by atoms with van der Waals surface area (Å²) in [6.45, 7) is 3.23. The van der Waals surface area contributed by atoms with E-state index in [1.807, 2.05) is 25.1 Å². The Morgan fingerprint density at radius 1 is 1.30 bits per heavy atom. The normalized spacial score (nSPS) is 10.4. The Labute approximate surface area is 144 Å². The number of nitrogens with zero attached hydrogens (tertiary/aromatic N) is 1. The van der Waals surface area contributed by atoms with Crippen LogP contribution in [0.2, 0.25) is 0 Å². The van der Waals surface area contributed by atoms with Gasteiger partial charge in [0, 0.05) is 42.2 Å². The van der Waals surface area contributed by atoms with E-state index in [-0.39, 0.29) is 5.91 Å². The molecule has 0 saturated heterocycles. The standard InChI is InChI=1S/C17H20BrN3O2/c1-12-10-14(18)4-5-15(12)21-16-11-13(6-8-19-16)17(22)20-7-3-9-23-2/h4-6,8,10-11H,3,7,9H2,1-2H3,(H,19,21)(H,20,22). The molecule has 0 aliphatic carbocycles. The number of amides is 1. The summed E-state index contributed by atoms with van der Waals surface area (Å²) < 4.78 is 5.99. The van der Waals surface area contributed by atoms with Gasteiger partial charge in [-0.1, -0.05) is 15.9 Å². The molecule has 2 aromatic rings. The predicted octanol–water partition coefficient (Wildman–Crippen LogP) is 3.66. The lowest BCUT2D eigenvalue weighted by atomic mass is 10.2. The monoisotopic (exact) mass is 377 g/mol. The molecule has 5 nitrogen and oxygen atoms in total. The second-order valence-electron chi connectivity index (χ2n) is 5.12. The molecule has 1 aromatic heterocycles. The van der Waals surface area contributed by atoms with E-state index in [0.29, 0.717) is 24.5 Å². The first-order valence-corrected chi connectivity index (χ1v) is 8.16. The summed E-state index contributed by atoms with van der Waals surface area (Å²) in [6, 6.07) is 9.40. The van der Waals surface area contributed by atoms with Crippen LogP contribution in [-0.4, -0.2) is 31.2 Å². The van der Waals surface area contributed by atoms with Crippen molar-refractivity contribution in [3.8, 4) is 0 Å². The van der Waals surface area contributed by atoms with Gasteiger partial charge in [0.05, 0.1) is 0 Å². The van der Waals surface area contributed by atoms with E-state index in [1.165, 1.54) is 0 Å². The third kappa shape index (κ3) is 5.33. The predicted molar refractivity (Wildman–Crippen MR) is 95.2 cm³/mol. The zero-order chi connectivity index (χ0) is 16.7. The minimum atomic E-state index is -0.112. The Kier molecular flexibility index (Phi) is 6.55. The van der Waals surface area contributed by atoms with Crippen LogP contribution in [0.25, 0.3) is 0 Å². The minimum absolute atomic E-state index is 0.112. The van der Waals surface area contributed by atoms with Gasteiger partial charge in [-0.3, -0.25) is 4.79 Å². The van der Waals surface area contributed by atoms with Crippen molar-refractivity contribution in [2.75, 3.05) is 25.6 Å². The van der Waals surface area contributed by atoms with E-state index >= 15 is 0 Å². The Morgan fingerprint density at radius 2 is 2.13 bits per heavy atom. The largest absolute Gasteiger partial charge is 0.385 e. The summed E-state index contributed by atoms with van der Waals surface area (Å²) in [7, 11) is 1.65. The van der Waals surface area contributed by atoms with Gasteiger partial charge in [0.2, 0.25) is 0 Å². The third-order valence-electron chi connectivity index (χ3n) is 3.28. The van der Waals surface area contributed by atoms with Crippen LogP contribution >= 0.6 is 15.9 Å². The van der Waals surface area contributed by atoms with Crippen LogP contribution in [0.5, 0.6) is 0 Å². The van der Waals surface area contributed by atoms with E-state index in [2.05, 4.69) is 31.5 Å².